The van der Waals surface area contributed by atoms with Crippen molar-refractivity contribution >= 4 is 61.7 Å². The molecule has 2 aliphatic rings. The average Bonchev–Trinajstić information content (AvgIpc) is 1.17. The minimum atomic E-state index is -6.40. The minimum Gasteiger partial charge on any atom is -0.458 e. The van der Waals surface area contributed by atoms with Crippen molar-refractivity contribution in [3.8, 4) is 84.3 Å². The summed E-state index contributed by atoms with van der Waals surface area (Å²) in [5.74, 6) is 0.974. The average molecular weight is 1290 g/mol. The minimum absolute atomic E-state index is 0.00858. The summed E-state index contributed by atoms with van der Waals surface area (Å²) in [4.78, 5) is 4.85. The molecular weight excluding hydrogens is 1180 g/mol. The first-order chi connectivity index (χ1) is 62.0. The lowest BCUT2D eigenvalue weighted by Crippen LogP contribution is -2.74. The molecule has 0 N–H and O–H groups in total. The number of imidazole rings is 1. The van der Waals surface area contributed by atoms with Crippen LogP contribution in [0.4, 0.5) is 0 Å². The predicted octanol–water partition coefficient (Wildman–Crippen LogP) is 19.7. The molecule has 0 atom stereocenters. The molecule has 1 aliphatic carbocycles. The lowest BCUT2D eigenvalue weighted by atomic mass is 9.63. The van der Waals surface area contributed by atoms with E-state index >= 15 is 0 Å². The van der Waals surface area contributed by atoms with E-state index in [0.717, 1.165) is 21.9 Å². The zero-order valence-electron chi connectivity index (χ0n) is 88.4. The van der Waals surface area contributed by atoms with E-state index in [-0.39, 0.29) is 67.1 Å². The number of hydrogen-bond donors (Lipinski definition) is 0. The maximum absolute atomic E-state index is 11.1. The van der Waals surface area contributed by atoms with Gasteiger partial charge in [-0.15, -0.1) is 0 Å². The molecule has 0 saturated carbocycles. The molecule has 0 saturated heterocycles. The maximum Gasteiger partial charge on any atom is 0.269 e. The van der Waals surface area contributed by atoms with Crippen LogP contribution in [0.25, 0.3) is 106 Å². The Bertz CT molecular complexity index is 7430. The number of aromatic nitrogens is 4. The molecule has 0 spiro atoms. The first kappa shape index (κ1) is 31.5. The van der Waals surface area contributed by atoms with Crippen LogP contribution in [-0.2, 0) is 16.2 Å². The molecule has 17 rings (SSSR count). The number of para-hydroxylation sites is 2. The second-order valence-corrected chi connectivity index (χ2v) is 28.0. The third-order valence-electron chi connectivity index (χ3n) is 17.8. The number of pyridine rings is 1. The fraction of sp³-hybridized carbons (Fsp3) is 0.133. The second-order valence-electron chi connectivity index (χ2n) is 24.5. The lowest BCUT2D eigenvalue weighted by molar-refractivity contribution is -0.570. The Kier molecular flexibility index (Phi) is 7.44. The van der Waals surface area contributed by atoms with Crippen LogP contribution in [0.2, 0.25) is 0 Å². The van der Waals surface area contributed by atoms with Gasteiger partial charge in [-0.1, -0.05) is 278 Å². The van der Waals surface area contributed by atoms with Gasteiger partial charge in [0.1, 0.15) is 17.3 Å². The Labute approximate surface area is 615 Å². The van der Waals surface area contributed by atoms with Crippen LogP contribution in [0.5, 0.6) is 11.5 Å². The molecule has 6 heteroatoms. The number of benzene rings is 12. The summed E-state index contributed by atoms with van der Waals surface area (Å²) in [5.41, 5.74) is -12.0. The molecule has 3 aromatic heterocycles. The van der Waals surface area contributed by atoms with Crippen molar-refractivity contribution in [3.63, 3.8) is 0 Å². The van der Waals surface area contributed by atoms with Crippen LogP contribution in [0.15, 0.2) is 297 Å². The molecule has 4 heterocycles. The summed E-state index contributed by atoms with van der Waals surface area (Å²) in [6.07, 6.45) is -4.24. The van der Waals surface area contributed by atoms with Crippen molar-refractivity contribution in [2.24, 2.45) is 0 Å². The highest BCUT2D eigenvalue weighted by molar-refractivity contribution is 7.20. The van der Waals surface area contributed by atoms with Crippen molar-refractivity contribution in [1.82, 2.24) is 14.1 Å². The predicted molar refractivity (Wildman–Crippen MR) is 401 cm³/mol. The van der Waals surface area contributed by atoms with Gasteiger partial charge in [0.15, 0.2) is 8.07 Å². The van der Waals surface area contributed by atoms with Crippen molar-refractivity contribution in [3.05, 3.63) is 320 Å². The number of rotatable bonds is 10. The summed E-state index contributed by atoms with van der Waals surface area (Å²) in [7, 11) is -6.40. The van der Waals surface area contributed by atoms with E-state index in [9.17, 15) is 38.4 Å². The topological polar surface area (TPSA) is 35.9 Å². The zero-order valence-corrected chi connectivity index (χ0v) is 52.4. The quantitative estimate of drug-likeness (QED) is 0.0592. The number of nitrogens with zero attached hydrogens (tertiary/aromatic N) is 4. The molecule has 0 amide bonds. The van der Waals surface area contributed by atoms with E-state index in [1.54, 1.807) is 91.1 Å². The standard InChI is InChI=1S/C90H74N4OSi/c1-88(2,3)63-48-51-91-85(56-63)94-82-43-22-21-40-76(82)77-46-45-66(58-83(77)94)95-65-28-24-27-64(57-65)92-59-93-86-71(61-44-47-80-81(54-61)90(6,7)50-49-89(80,4)5)41-25-42-78(86)74-38-19-17-36-72(74)73-37-18-20-39-75(73)79-53-62(55-84(92)87(79)93)60-26-23-35-70(52-60)96(67-29-11-8-12-30-67,68-31-13-9-14-32-68)69-33-15-10-16-34-69/h8-48,51-58H,49-50H2,1-7H3/i4D3,5D3,6D3,7D3,8D,9D,10D,11D,12D,13D,14D,15D,23D,26D,29D,30D,31D,32D,33D,34D,35D,44D,47D,49D2,50D2,52D,54D. The Morgan fingerprint density at radius 2 is 1.11 bits per heavy atom. The molecule has 0 bridgehead atoms. The first-order valence-electron chi connectivity index (χ1n) is 49.1. The highest BCUT2D eigenvalue weighted by atomic mass is 28.3. The first-order valence-corrected chi connectivity index (χ1v) is 32.6. The fourth-order valence-electron chi connectivity index (χ4n) is 13.3. The fourth-order valence-corrected chi connectivity index (χ4v) is 16.9. The van der Waals surface area contributed by atoms with Gasteiger partial charge in [-0.2, -0.15) is 0 Å². The van der Waals surface area contributed by atoms with E-state index in [1.165, 1.54) is 33.4 Å². The van der Waals surface area contributed by atoms with Gasteiger partial charge in [0.05, 0.1) is 62.2 Å². The molecule has 96 heavy (non-hydrogen) atoms. The van der Waals surface area contributed by atoms with Crippen molar-refractivity contribution in [2.45, 2.75) is 77.2 Å². The highest BCUT2D eigenvalue weighted by Crippen LogP contribution is 2.50. The van der Waals surface area contributed by atoms with Gasteiger partial charge in [-0.3, -0.25) is 13.7 Å². The Hall–Kier alpha value is -10.9. The highest BCUT2D eigenvalue weighted by Gasteiger charge is 2.42. The van der Waals surface area contributed by atoms with Gasteiger partial charge >= 0.3 is 0 Å². The maximum atomic E-state index is 11.1. The van der Waals surface area contributed by atoms with Crippen molar-refractivity contribution < 1.29 is 60.0 Å². The van der Waals surface area contributed by atoms with Gasteiger partial charge in [-0.05, 0) is 177 Å². The molecule has 464 valence electrons. The van der Waals surface area contributed by atoms with Crippen LogP contribution in [-0.4, -0.2) is 22.2 Å². The van der Waals surface area contributed by atoms with E-state index in [4.69, 9.17) is 22.1 Å². The summed E-state index contributed by atoms with van der Waals surface area (Å²) in [5, 5.41) is -2.38. The van der Waals surface area contributed by atoms with E-state index in [0.29, 0.717) is 28.5 Å². The van der Waals surface area contributed by atoms with Gasteiger partial charge < -0.3 is 4.74 Å². The Balaban J connectivity index is 1.06. The van der Waals surface area contributed by atoms with Gasteiger partial charge in [-0.25, -0.2) is 4.98 Å². The summed E-state index contributed by atoms with van der Waals surface area (Å²) in [6, 6.07) is 19.7. The summed E-state index contributed by atoms with van der Waals surface area (Å²) < 4.78 is 367. The Morgan fingerprint density at radius 3 is 1.85 bits per heavy atom. The third-order valence-corrected chi connectivity index (χ3v) is 21.8. The monoisotopic (exact) mass is 1290 g/mol. The zero-order chi connectivity index (χ0) is 96.9. The van der Waals surface area contributed by atoms with Gasteiger partial charge in [0, 0.05) is 45.0 Å². The molecule has 1 aliphatic heterocycles. The lowest BCUT2D eigenvalue weighted by Gasteiger charge is -2.42. The van der Waals surface area contributed by atoms with Crippen LogP contribution >= 0.6 is 0 Å². The molecular formula is C90H74N4OSi. The number of hydrogen-bond acceptors (Lipinski definition) is 2. The van der Waals surface area contributed by atoms with Crippen LogP contribution < -0.4 is 30.1 Å². The smallest absolute Gasteiger partial charge is 0.269 e. The van der Waals surface area contributed by atoms with Crippen LogP contribution in [0.3, 0.4) is 0 Å². The molecule has 12 aromatic carbocycles. The van der Waals surface area contributed by atoms with Crippen molar-refractivity contribution in [1.29, 1.82) is 0 Å². The number of fused-ring (bicyclic) bond motifs is 11. The SMILES string of the molecule is [2H]c1cc([2H])c([Si](c2c([2H])c([2H])c([2H])c([2H])c2[2H])(c2c([2H])c([2H])c([2H])c([2H])c2[2H])c2c([2H])c([2H])c([2H])c(-c3cc4c5c(c3)n(-c3cccc(Oc6ccc7c8ccccc8n(-c8cc(C(C)(C)C)ccn8)c7c6)c3)[c-][n+]5-c3c(cccc3-c3c([2H])c([2H])c5c(c3[2H])C(C([2H])([2H])[2H])(C([2H])([2H])[2H])C([2H])([2H])C([2H])([2H])C5(C([2H])([2H])[2H])C([2H])([2H])[2H])-c3ccccc3-c3ccccc3-4)c2[2H])c([2H])c1[2H]. The Morgan fingerprint density at radius 1 is 0.490 bits per heavy atom. The molecule has 5 nitrogen and oxygen atoms in total. The normalized spacial score (nSPS) is 21.0. The summed E-state index contributed by atoms with van der Waals surface area (Å²) in [6.45, 7) is -11.5. The largest absolute Gasteiger partial charge is 0.458 e. The molecule has 15 aromatic rings. The van der Waals surface area contributed by atoms with E-state index in [2.05, 4.69) is 27.1 Å². The summed E-state index contributed by atoms with van der Waals surface area (Å²) >= 11 is 0. The third kappa shape index (κ3) is 9.63. The molecule has 0 radical (unpaired) electrons. The number of ether oxygens (including phenoxy) is 1. The van der Waals surface area contributed by atoms with E-state index in [1.807, 2.05) is 53.1 Å². The van der Waals surface area contributed by atoms with Crippen molar-refractivity contribution in [2.75, 3.05) is 0 Å². The molecule has 0 fully saturated rings. The van der Waals surface area contributed by atoms with E-state index < -0.39 is 235 Å². The van der Waals surface area contributed by atoms with Crippen LogP contribution in [0, 0.1) is 6.33 Å². The van der Waals surface area contributed by atoms with Crippen LogP contribution in [0.1, 0.15) is 128 Å². The van der Waals surface area contributed by atoms with Gasteiger partial charge in [0.2, 0.25) is 0 Å². The van der Waals surface area contributed by atoms with Gasteiger partial charge in [0.25, 0.3) is 6.33 Å². The molecule has 0 unspecified atom stereocenters. The second kappa shape index (κ2) is 22.6.